The fourth-order valence-electron chi connectivity index (χ4n) is 1.28. The van der Waals surface area contributed by atoms with E-state index in [0.717, 1.165) is 0 Å². The minimum Gasteiger partial charge on any atom is -0.399 e. The Hall–Kier alpha value is -1.55. The Kier molecular flexibility index (Phi) is 4.12. The van der Waals surface area contributed by atoms with E-state index in [0.29, 0.717) is 36.6 Å². The molecule has 0 radical (unpaired) electrons. The number of hydrogen-bond donors (Lipinski definition) is 2. The maximum absolute atomic E-state index is 11.7. The number of carbonyl (C=O) groups is 1. The van der Waals surface area contributed by atoms with Gasteiger partial charge in [-0.3, -0.25) is 4.79 Å². The number of benzene rings is 1. The minimum atomic E-state index is -0.0130. The number of Topliss-reactive ketones (excluding diaryl/α,β-unsaturated/α-hetero) is 1. The van der Waals surface area contributed by atoms with Crippen molar-refractivity contribution in [2.75, 3.05) is 24.7 Å². The first-order chi connectivity index (χ1) is 7.15. The van der Waals surface area contributed by atoms with E-state index in [1.165, 1.54) is 0 Å². The van der Waals surface area contributed by atoms with Crippen LogP contribution < -0.4 is 11.5 Å². The summed E-state index contributed by atoms with van der Waals surface area (Å²) < 4.78 is 5.10. The van der Waals surface area contributed by atoms with E-state index in [9.17, 15) is 4.79 Å². The van der Waals surface area contributed by atoms with Crippen molar-refractivity contribution in [3.05, 3.63) is 23.8 Å². The van der Waals surface area contributed by atoms with Crippen LogP contribution in [-0.2, 0) is 4.74 Å². The van der Waals surface area contributed by atoms with Crippen molar-refractivity contribution in [3.63, 3.8) is 0 Å². The molecule has 1 aromatic carbocycles. The molecule has 0 heterocycles. The first kappa shape index (κ1) is 11.5. The van der Waals surface area contributed by atoms with Crippen LogP contribution in [0.4, 0.5) is 11.4 Å². The molecule has 0 saturated carbocycles. The van der Waals surface area contributed by atoms with Gasteiger partial charge in [0.05, 0.1) is 6.61 Å². The van der Waals surface area contributed by atoms with Gasteiger partial charge in [-0.25, -0.2) is 0 Å². The summed E-state index contributed by atoms with van der Waals surface area (Å²) in [5.74, 6) is -0.0130. The summed E-state index contributed by atoms with van der Waals surface area (Å²) in [4.78, 5) is 11.7. The third-order valence-corrected chi connectivity index (χ3v) is 2.05. The molecule has 4 N–H and O–H groups in total. The molecule has 0 saturated heterocycles. The molecule has 1 rings (SSSR count). The maximum atomic E-state index is 11.7. The number of anilines is 2. The summed E-state index contributed by atoms with van der Waals surface area (Å²) in [6, 6.07) is 4.91. The third kappa shape index (κ3) is 3.25. The molecule has 0 bridgehead atoms. The maximum Gasteiger partial charge on any atom is 0.167 e. The molecule has 0 aliphatic carbocycles. The molecular weight excluding hydrogens is 192 g/mol. The van der Waals surface area contributed by atoms with E-state index in [1.54, 1.807) is 18.2 Å². The van der Waals surface area contributed by atoms with Crippen LogP contribution in [0.5, 0.6) is 0 Å². The van der Waals surface area contributed by atoms with Crippen LogP contribution in [0.3, 0.4) is 0 Å². The molecule has 15 heavy (non-hydrogen) atoms. The van der Waals surface area contributed by atoms with Crippen molar-refractivity contribution in [2.45, 2.75) is 13.3 Å². The fraction of sp³-hybridized carbons (Fsp3) is 0.364. The molecule has 0 aromatic heterocycles. The van der Waals surface area contributed by atoms with E-state index in [4.69, 9.17) is 16.2 Å². The monoisotopic (exact) mass is 208 g/mol. The van der Waals surface area contributed by atoms with Crippen LogP contribution in [0.15, 0.2) is 18.2 Å². The highest BCUT2D eigenvalue weighted by Crippen LogP contribution is 2.17. The van der Waals surface area contributed by atoms with E-state index in [1.807, 2.05) is 6.92 Å². The molecule has 0 spiro atoms. The standard InChI is InChI=1S/C11H16N2O2/c1-2-15-6-5-11(14)9-4-3-8(12)7-10(9)13/h3-4,7H,2,5-6,12-13H2,1H3. The average Bonchev–Trinajstić information content (AvgIpc) is 2.17. The zero-order valence-electron chi connectivity index (χ0n) is 8.82. The molecule has 0 fully saturated rings. The second-order valence-corrected chi connectivity index (χ2v) is 3.22. The highest BCUT2D eigenvalue weighted by atomic mass is 16.5. The van der Waals surface area contributed by atoms with E-state index < -0.39 is 0 Å². The van der Waals surface area contributed by atoms with Crippen LogP contribution in [0.2, 0.25) is 0 Å². The molecule has 0 aliphatic heterocycles. The molecule has 1 aromatic rings. The SMILES string of the molecule is CCOCCC(=O)c1ccc(N)cc1N. The van der Waals surface area contributed by atoms with Gasteiger partial charge in [-0.05, 0) is 25.1 Å². The Balaban J connectivity index is 2.65. The van der Waals surface area contributed by atoms with E-state index in [2.05, 4.69) is 0 Å². The normalized spacial score (nSPS) is 10.2. The van der Waals surface area contributed by atoms with Gasteiger partial charge < -0.3 is 16.2 Å². The number of hydrogen-bond acceptors (Lipinski definition) is 4. The third-order valence-electron chi connectivity index (χ3n) is 2.05. The lowest BCUT2D eigenvalue weighted by Gasteiger charge is -2.05. The first-order valence-corrected chi connectivity index (χ1v) is 4.91. The lowest BCUT2D eigenvalue weighted by atomic mass is 10.1. The predicted molar refractivity (Wildman–Crippen MR) is 60.7 cm³/mol. The van der Waals surface area contributed by atoms with Gasteiger partial charge in [0.1, 0.15) is 0 Å². The van der Waals surface area contributed by atoms with Crippen molar-refractivity contribution in [3.8, 4) is 0 Å². The van der Waals surface area contributed by atoms with Gasteiger partial charge in [-0.15, -0.1) is 0 Å². The summed E-state index contributed by atoms with van der Waals surface area (Å²) in [6.07, 6.45) is 0.349. The fourth-order valence-corrected chi connectivity index (χ4v) is 1.28. The zero-order chi connectivity index (χ0) is 11.3. The Morgan fingerprint density at radius 2 is 2.13 bits per heavy atom. The van der Waals surface area contributed by atoms with Crippen molar-refractivity contribution in [2.24, 2.45) is 0 Å². The van der Waals surface area contributed by atoms with E-state index in [-0.39, 0.29) is 5.78 Å². The Bertz CT molecular complexity index is 350. The Labute approximate surface area is 89.2 Å². The van der Waals surface area contributed by atoms with Gasteiger partial charge >= 0.3 is 0 Å². The number of ketones is 1. The number of carbonyl (C=O) groups excluding carboxylic acids is 1. The molecule has 0 atom stereocenters. The number of nitrogen functional groups attached to an aromatic ring is 2. The Morgan fingerprint density at radius 3 is 2.73 bits per heavy atom. The minimum absolute atomic E-state index is 0.0130. The molecule has 0 unspecified atom stereocenters. The van der Waals surface area contributed by atoms with Gasteiger partial charge in [0, 0.05) is 30.0 Å². The van der Waals surface area contributed by atoms with Gasteiger partial charge in [-0.2, -0.15) is 0 Å². The first-order valence-electron chi connectivity index (χ1n) is 4.91. The summed E-state index contributed by atoms with van der Waals surface area (Å²) in [6.45, 7) is 2.94. The van der Waals surface area contributed by atoms with Gasteiger partial charge in [-0.1, -0.05) is 0 Å². The average molecular weight is 208 g/mol. The molecule has 82 valence electrons. The second kappa shape index (κ2) is 5.36. The Morgan fingerprint density at radius 1 is 1.40 bits per heavy atom. The summed E-state index contributed by atoms with van der Waals surface area (Å²) in [7, 11) is 0. The molecule has 0 aliphatic rings. The predicted octanol–water partition coefficient (Wildman–Crippen LogP) is 1.46. The van der Waals surface area contributed by atoms with Crippen molar-refractivity contribution < 1.29 is 9.53 Å². The largest absolute Gasteiger partial charge is 0.399 e. The number of nitrogens with two attached hydrogens (primary N) is 2. The lowest BCUT2D eigenvalue weighted by molar-refractivity contribution is 0.0896. The topological polar surface area (TPSA) is 78.3 Å². The lowest BCUT2D eigenvalue weighted by Crippen LogP contribution is -2.07. The smallest absolute Gasteiger partial charge is 0.167 e. The van der Waals surface area contributed by atoms with Crippen LogP contribution in [-0.4, -0.2) is 19.0 Å². The molecular formula is C11H16N2O2. The van der Waals surface area contributed by atoms with Gasteiger partial charge in [0.15, 0.2) is 5.78 Å². The quantitative estimate of drug-likeness (QED) is 0.436. The summed E-state index contributed by atoms with van der Waals surface area (Å²) >= 11 is 0. The summed E-state index contributed by atoms with van der Waals surface area (Å²) in [5, 5.41) is 0. The highest BCUT2D eigenvalue weighted by Gasteiger charge is 2.09. The van der Waals surface area contributed by atoms with E-state index >= 15 is 0 Å². The van der Waals surface area contributed by atoms with Crippen molar-refractivity contribution in [1.29, 1.82) is 0 Å². The highest BCUT2D eigenvalue weighted by molar-refractivity contribution is 6.01. The van der Waals surface area contributed by atoms with Gasteiger partial charge in [0.2, 0.25) is 0 Å². The van der Waals surface area contributed by atoms with Crippen molar-refractivity contribution in [1.82, 2.24) is 0 Å². The van der Waals surface area contributed by atoms with Crippen LogP contribution >= 0.6 is 0 Å². The molecule has 4 nitrogen and oxygen atoms in total. The second-order valence-electron chi connectivity index (χ2n) is 3.22. The summed E-state index contributed by atoms with van der Waals surface area (Å²) in [5.41, 5.74) is 12.7. The van der Waals surface area contributed by atoms with Gasteiger partial charge in [0.25, 0.3) is 0 Å². The number of ether oxygens (including phenoxy) is 1. The van der Waals surface area contributed by atoms with Crippen LogP contribution in [0.1, 0.15) is 23.7 Å². The molecule has 4 heteroatoms. The van der Waals surface area contributed by atoms with Crippen LogP contribution in [0.25, 0.3) is 0 Å². The van der Waals surface area contributed by atoms with Crippen molar-refractivity contribution >= 4 is 17.2 Å². The molecule has 0 amide bonds. The zero-order valence-corrected chi connectivity index (χ0v) is 8.82. The number of rotatable bonds is 5. The van der Waals surface area contributed by atoms with Crippen LogP contribution in [0, 0.1) is 0 Å².